The first-order valence-corrected chi connectivity index (χ1v) is 8.31. The van der Waals surface area contributed by atoms with Gasteiger partial charge in [-0.2, -0.15) is 13.2 Å². The molecule has 25 heavy (non-hydrogen) atoms. The van der Waals surface area contributed by atoms with Gasteiger partial charge in [0.25, 0.3) is 5.56 Å². The number of nitrogens with zero attached hydrogens (tertiary/aromatic N) is 1. The number of hydrogen-bond acceptors (Lipinski definition) is 4. The minimum absolute atomic E-state index is 0.212. The Morgan fingerprint density at radius 2 is 2.00 bits per heavy atom. The van der Waals surface area contributed by atoms with Crippen LogP contribution in [0.4, 0.5) is 18.9 Å². The van der Waals surface area contributed by atoms with Crippen LogP contribution in [0, 0.1) is 0 Å². The molecule has 2 aromatic rings. The molecule has 2 rings (SSSR count). The van der Waals surface area contributed by atoms with Crippen LogP contribution >= 0.6 is 35.0 Å². The number of aromatic amines is 1. The third-order valence-electron chi connectivity index (χ3n) is 2.86. The summed E-state index contributed by atoms with van der Waals surface area (Å²) < 4.78 is 38.0. The van der Waals surface area contributed by atoms with E-state index in [1.54, 1.807) is 0 Å². The Morgan fingerprint density at radius 1 is 1.32 bits per heavy atom. The molecule has 0 aliphatic rings. The molecule has 0 fully saturated rings. The number of carbonyl (C=O) groups is 1. The minimum atomic E-state index is -4.76. The van der Waals surface area contributed by atoms with Crippen molar-refractivity contribution in [2.45, 2.75) is 23.5 Å². The second-order valence-electron chi connectivity index (χ2n) is 4.81. The van der Waals surface area contributed by atoms with Crippen molar-refractivity contribution in [2.24, 2.45) is 0 Å². The van der Waals surface area contributed by atoms with Crippen molar-refractivity contribution in [1.29, 1.82) is 0 Å². The van der Waals surface area contributed by atoms with E-state index in [9.17, 15) is 22.8 Å². The quantitative estimate of drug-likeness (QED) is 0.583. The number of benzene rings is 1. The second kappa shape index (κ2) is 7.67. The summed E-state index contributed by atoms with van der Waals surface area (Å²) in [7, 11) is 0. The largest absolute Gasteiger partial charge is 0.433 e. The number of rotatable bonds is 4. The number of carbonyl (C=O) groups excluding carboxylic acids is 1. The molecule has 134 valence electrons. The maximum absolute atomic E-state index is 12.7. The van der Waals surface area contributed by atoms with E-state index in [0.29, 0.717) is 28.5 Å². The van der Waals surface area contributed by atoms with Crippen molar-refractivity contribution in [3.63, 3.8) is 0 Å². The number of hydrogen-bond donors (Lipinski definition) is 2. The molecule has 0 saturated heterocycles. The van der Waals surface area contributed by atoms with Gasteiger partial charge in [0.05, 0.1) is 16.0 Å². The fourth-order valence-electron chi connectivity index (χ4n) is 1.68. The molecule has 0 bridgehead atoms. The third-order valence-corrected chi connectivity index (χ3v) is 4.39. The number of halogens is 5. The molecule has 0 saturated carbocycles. The van der Waals surface area contributed by atoms with E-state index < -0.39 is 28.6 Å². The van der Waals surface area contributed by atoms with E-state index >= 15 is 0 Å². The smallest absolute Gasteiger partial charge is 0.324 e. The van der Waals surface area contributed by atoms with Gasteiger partial charge in [-0.05, 0) is 25.1 Å². The summed E-state index contributed by atoms with van der Waals surface area (Å²) in [6.45, 7) is 1.45. The average Bonchev–Trinajstić information content (AvgIpc) is 2.48. The maximum atomic E-state index is 12.7. The Morgan fingerprint density at radius 3 is 2.60 bits per heavy atom. The van der Waals surface area contributed by atoms with Crippen LogP contribution in [-0.2, 0) is 11.0 Å². The Kier molecular flexibility index (Phi) is 6.02. The monoisotopic (exact) mass is 411 g/mol. The van der Waals surface area contributed by atoms with Gasteiger partial charge >= 0.3 is 6.18 Å². The lowest BCUT2D eigenvalue weighted by atomic mass is 10.3. The van der Waals surface area contributed by atoms with Crippen molar-refractivity contribution < 1.29 is 18.0 Å². The minimum Gasteiger partial charge on any atom is -0.324 e. The van der Waals surface area contributed by atoms with Crippen LogP contribution < -0.4 is 10.9 Å². The summed E-state index contributed by atoms with van der Waals surface area (Å²) in [5.41, 5.74) is -1.99. The summed E-state index contributed by atoms with van der Waals surface area (Å²) in [5, 5.41) is 1.96. The predicted octanol–water partition coefficient (Wildman–Crippen LogP) is 4.21. The molecular formula is C14H10Cl2F3N3O2S. The molecule has 0 spiro atoms. The highest BCUT2D eigenvalue weighted by molar-refractivity contribution is 8.00. The van der Waals surface area contributed by atoms with Gasteiger partial charge in [-0.15, -0.1) is 0 Å². The molecule has 0 radical (unpaired) electrons. The topological polar surface area (TPSA) is 74.8 Å². The molecule has 2 N–H and O–H groups in total. The summed E-state index contributed by atoms with van der Waals surface area (Å²) in [5.74, 6) is -0.533. The highest BCUT2D eigenvalue weighted by Gasteiger charge is 2.33. The fraction of sp³-hybridized carbons (Fsp3) is 0.214. The van der Waals surface area contributed by atoms with Crippen LogP contribution in [0.1, 0.15) is 12.6 Å². The fourth-order valence-corrected chi connectivity index (χ4v) is 2.95. The zero-order valence-electron chi connectivity index (χ0n) is 12.4. The summed E-state index contributed by atoms with van der Waals surface area (Å²) in [6.07, 6.45) is -4.76. The van der Waals surface area contributed by atoms with Crippen molar-refractivity contribution in [1.82, 2.24) is 9.97 Å². The molecule has 0 aliphatic carbocycles. The lowest BCUT2D eigenvalue weighted by Crippen LogP contribution is -2.24. The number of aromatic nitrogens is 2. The lowest BCUT2D eigenvalue weighted by molar-refractivity contribution is -0.141. The standard InChI is InChI=1S/C14H10Cl2F3N3O2S/c1-6(12(24)20-9-3-2-7(15)4-8(9)16)25-13-21-10(14(17,18)19)5-11(23)22-13/h2-6H,1H3,(H,20,24)(H,21,22,23). The van der Waals surface area contributed by atoms with E-state index in [2.05, 4.69) is 15.3 Å². The first-order chi connectivity index (χ1) is 11.6. The average molecular weight is 412 g/mol. The summed E-state index contributed by atoms with van der Waals surface area (Å²) in [6, 6.07) is 4.79. The number of thioether (sulfide) groups is 1. The molecule has 5 nitrogen and oxygen atoms in total. The maximum Gasteiger partial charge on any atom is 0.433 e. The zero-order chi connectivity index (χ0) is 18.8. The molecule has 1 unspecified atom stereocenters. The molecule has 0 aliphatic heterocycles. The molecule has 11 heteroatoms. The van der Waals surface area contributed by atoms with Crippen molar-refractivity contribution in [3.05, 3.63) is 50.4 Å². The van der Waals surface area contributed by atoms with Gasteiger partial charge in [-0.1, -0.05) is 35.0 Å². The van der Waals surface area contributed by atoms with Crippen LogP contribution in [0.3, 0.4) is 0 Å². The summed E-state index contributed by atoms with van der Waals surface area (Å²) >= 11 is 12.4. The normalized spacial score (nSPS) is 12.7. The van der Waals surface area contributed by atoms with E-state index in [1.165, 1.54) is 25.1 Å². The van der Waals surface area contributed by atoms with Crippen molar-refractivity contribution in [3.8, 4) is 0 Å². The Balaban J connectivity index is 2.13. The first-order valence-electron chi connectivity index (χ1n) is 6.67. The Bertz CT molecular complexity index is 858. The zero-order valence-corrected chi connectivity index (χ0v) is 14.8. The molecule has 1 aromatic carbocycles. The number of amides is 1. The van der Waals surface area contributed by atoms with Gasteiger partial charge in [0, 0.05) is 11.1 Å². The van der Waals surface area contributed by atoms with Crippen LogP contribution in [-0.4, -0.2) is 21.1 Å². The van der Waals surface area contributed by atoms with E-state index in [-0.39, 0.29) is 10.2 Å². The van der Waals surface area contributed by atoms with E-state index in [0.717, 1.165) is 0 Å². The summed E-state index contributed by atoms with van der Waals surface area (Å²) in [4.78, 5) is 29.0. The lowest BCUT2D eigenvalue weighted by Gasteiger charge is -2.13. The third kappa shape index (κ3) is 5.38. The van der Waals surface area contributed by atoms with Gasteiger partial charge in [0.15, 0.2) is 10.9 Å². The van der Waals surface area contributed by atoms with Gasteiger partial charge in [-0.3, -0.25) is 9.59 Å². The Labute approximate surface area is 153 Å². The molecule has 1 atom stereocenters. The SMILES string of the molecule is CC(Sc1nc(C(F)(F)F)cc(=O)[nH]1)C(=O)Nc1ccc(Cl)cc1Cl. The van der Waals surface area contributed by atoms with E-state index in [1.807, 2.05) is 0 Å². The van der Waals surface area contributed by atoms with E-state index in [4.69, 9.17) is 23.2 Å². The van der Waals surface area contributed by atoms with Crippen molar-refractivity contribution in [2.75, 3.05) is 5.32 Å². The number of anilines is 1. The molecule has 1 aromatic heterocycles. The first kappa shape index (κ1) is 19.6. The second-order valence-corrected chi connectivity index (χ2v) is 6.98. The van der Waals surface area contributed by atoms with Gasteiger partial charge in [0.1, 0.15) is 0 Å². The number of alkyl halides is 3. The molecule has 1 heterocycles. The predicted molar refractivity (Wildman–Crippen MR) is 90.3 cm³/mol. The molecule has 1 amide bonds. The van der Waals surface area contributed by atoms with Crippen LogP contribution in [0.25, 0.3) is 0 Å². The number of nitrogens with one attached hydrogen (secondary N) is 2. The number of H-pyrrole nitrogens is 1. The highest BCUT2D eigenvalue weighted by Crippen LogP contribution is 2.29. The van der Waals surface area contributed by atoms with Gasteiger partial charge in [-0.25, -0.2) is 4.98 Å². The highest BCUT2D eigenvalue weighted by atomic mass is 35.5. The van der Waals surface area contributed by atoms with Crippen LogP contribution in [0.15, 0.2) is 34.2 Å². The van der Waals surface area contributed by atoms with Crippen LogP contribution in [0.2, 0.25) is 10.0 Å². The Hall–Kier alpha value is -1.71. The van der Waals surface area contributed by atoms with Gasteiger partial charge < -0.3 is 10.3 Å². The molecular weight excluding hydrogens is 402 g/mol. The van der Waals surface area contributed by atoms with Crippen LogP contribution in [0.5, 0.6) is 0 Å². The van der Waals surface area contributed by atoms with Gasteiger partial charge in [0.2, 0.25) is 5.91 Å². The van der Waals surface area contributed by atoms with Crippen molar-refractivity contribution >= 4 is 46.6 Å².